The first kappa shape index (κ1) is 18.4. The summed E-state index contributed by atoms with van der Waals surface area (Å²) in [5, 5.41) is 13.7. The highest BCUT2D eigenvalue weighted by Crippen LogP contribution is 2.34. The lowest BCUT2D eigenvalue weighted by Gasteiger charge is -2.14. The van der Waals surface area contributed by atoms with Crippen LogP contribution in [-0.4, -0.2) is 21.6 Å². The second-order valence-electron chi connectivity index (χ2n) is 5.95. The standard InChI is InChI=1S/C19H18N4OS2/c1-11-13(3)26-19-17(11)18(21-10-22-19)25-9-16(24)23-12(2)15-6-4-14(8-20)5-7-15/h4-7,10,12H,9H2,1-3H3,(H,23,24). The number of nitrogens with one attached hydrogen (secondary N) is 1. The first-order valence-corrected chi connectivity index (χ1v) is 9.92. The van der Waals surface area contributed by atoms with Crippen LogP contribution < -0.4 is 5.32 Å². The van der Waals surface area contributed by atoms with Gasteiger partial charge in [0.2, 0.25) is 5.91 Å². The van der Waals surface area contributed by atoms with Gasteiger partial charge in [-0.25, -0.2) is 9.97 Å². The number of nitriles is 1. The molecule has 5 nitrogen and oxygen atoms in total. The van der Waals surface area contributed by atoms with Crippen molar-refractivity contribution in [3.63, 3.8) is 0 Å². The van der Waals surface area contributed by atoms with E-state index in [0.29, 0.717) is 11.3 Å². The predicted molar refractivity (Wildman–Crippen MR) is 105 cm³/mol. The fraction of sp³-hybridized carbons (Fsp3) is 0.263. The molecule has 0 radical (unpaired) electrons. The van der Waals surface area contributed by atoms with E-state index in [0.717, 1.165) is 20.8 Å². The van der Waals surface area contributed by atoms with Crippen LogP contribution in [-0.2, 0) is 4.79 Å². The van der Waals surface area contributed by atoms with Crippen molar-refractivity contribution in [2.45, 2.75) is 31.8 Å². The molecule has 0 aliphatic heterocycles. The molecule has 2 aromatic heterocycles. The average Bonchev–Trinajstić information content (AvgIpc) is 2.94. The Kier molecular flexibility index (Phi) is 5.55. The van der Waals surface area contributed by atoms with E-state index < -0.39 is 0 Å². The fourth-order valence-electron chi connectivity index (χ4n) is 2.61. The summed E-state index contributed by atoms with van der Waals surface area (Å²) in [6.07, 6.45) is 1.55. The molecular formula is C19H18N4OS2. The van der Waals surface area contributed by atoms with Crippen LogP contribution in [0.3, 0.4) is 0 Å². The lowest BCUT2D eigenvalue weighted by Crippen LogP contribution is -2.28. The third-order valence-corrected chi connectivity index (χ3v) is 6.29. The van der Waals surface area contributed by atoms with Crippen LogP contribution in [0.5, 0.6) is 0 Å². The van der Waals surface area contributed by atoms with Crippen LogP contribution in [0.15, 0.2) is 35.6 Å². The third kappa shape index (κ3) is 3.87. The van der Waals surface area contributed by atoms with E-state index in [1.165, 1.54) is 22.2 Å². The van der Waals surface area contributed by atoms with Crippen molar-refractivity contribution in [3.8, 4) is 6.07 Å². The van der Waals surface area contributed by atoms with E-state index in [1.54, 1.807) is 29.8 Å². The Morgan fingerprint density at radius 2 is 2.04 bits per heavy atom. The van der Waals surface area contributed by atoms with Crippen molar-refractivity contribution in [2.75, 3.05) is 5.75 Å². The van der Waals surface area contributed by atoms with Gasteiger partial charge in [-0.3, -0.25) is 4.79 Å². The number of fused-ring (bicyclic) bond motifs is 1. The Morgan fingerprint density at radius 3 is 2.73 bits per heavy atom. The number of carbonyl (C=O) groups is 1. The predicted octanol–water partition coefficient (Wildman–Crippen LogP) is 4.15. The number of thiophene rings is 1. The largest absolute Gasteiger partial charge is 0.349 e. The normalized spacial score (nSPS) is 11.9. The van der Waals surface area contributed by atoms with Gasteiger partial charge < -0.3 is 5.32 Å². The maximum Gasteiger partial charge on any atom is 0.230 e. The van der Waals surface area contributed by atoms with E-state index in [9.17, 15) is 4.79 Å². The first-order chi connectivity index (χ1) is 12.5. The first-order valence-electron chi connectivity index (χ1n) is 8.12. The minimum Gasteiger partial charge on any atom is -0.349 e. The van der Waals surface area contributed by atoms with E-state index in [-0.39, 0.29) is 11.9 Å². The van der Waals surface area contributed by atoms with Crippen molar-refractivity contribution in [1.82, 2.24) is 15.3 Å². The van der Waals surface area contributed by atoms with Gasteiger partial charge in [-0.05, 0) is 44.0 Å². The number of thioether (sulfide) groups is 1. The zero-order valence-corrected chi connectivity index (χ0v) is 16.4. The van der Waals surface area contributed by atoms with E-state index in [4.69, 9.17) is 5.26 Å². The maximum absolute atomic E-state index is 12.3. The number of rotatable bonds is 5. The summed E-state index contributed by atoms with van der Waals surface area (Å²) in [6, 6.07) is 9.21. The molecule has 1 amide bonds. The van der Waals surface area contributed by atoms with Gasteiger partial charge in [0, 0.05) is 10.3 Å². The Morgan fingerprint density at radius 1 is 1.31 bits per heavy atom. The van der Waals surface area contributed by atoms with Crippen molar-refractivity contribution in [3.05, 3.63) is 52.2 Å². The third-order valence-electron chi connectivity index (χ3n) is 4.19. The van der Waals surface area contributed by atoms with E-state index in [2.05, 4.69) is 35.2 Å². The average molecular weight is 383 g/mol. The number of carbonyl (C=O) groups excluding carboxylic acids is 1. The van der Waals surface area contributed by atoms with Crippen molar-refractivity contribution >= 4 is 39.2 Å². The minimum absolute atomic E-state index is 0.0526. The Bertz CT molecular complexity index is 989. The number of hydrogen-bond acceptors (Lipinski definition) is 6. The summed E-state index contributed by atoms with van der Waals surface area (Å²) >= 11 is 3.08. The van der Waals surface area contributed by atoms with Crippen molar-refractivity contribution in [2.24, 2.45) is 0 Å². The summed E-state index contributed by atoms with van der Waals surface area (Å²) < 4.78 is 0. The van der Waals surface area contributed by atoms with Gasteiger partial charge >= 0.3 is 0 Å². The van der Waals surface area contributed by atoms with Crippen molar-refractivity contribution < 1.29 is 4.79 Å². The monoisotopic (exact) mass is 382 g/mol. The molecule has 0 fully saturated rings. The van der Waals surface area contributed by atoms with Gasteiger partial charge in [0.1, 0.15) is 16.2 Å². The molecule has 1 aromatic carbocycles. The highest BCUT2D eigenvalue weighted by Gasteiger charge is 2.15. The molecule has 0 aliphatic carbocycles. The van der Waals surface area contributed by atoms with Crippen LogP contribution in [0, 0.1) is 25.2 Å². The molecule has 26 heavy (non-hydrogen) atoms. The topological polar surface area (TPSA) is 78.7 Å². The molecule has 3 rings (SSSR count). The summed E-state index contributed by atoms with van der Waals surface area (Å²) in [5.41, 5.74) is 2.76. The quantitative estimate of drug-likeness (QED) is 0.530. The molecule has 0 saturated heterocycles. The van der Waals surface area contributed by atoms with Crippen LogP contribution in [0.2, 0.25) is 0 Å². The molecule has 1 unspecified atom stereocenters. The molecule has 0 bridgehead atoms. The molecule has 0 spiro atoms. The Hall–Kier alpha value is -2.43. The van der Waals surface area contributed by atoms with Gasteiger partial charge in [-0.1, -0.05) is 23.9 Å². The molecule has 7 heteroatoms. The summed E-state index contributed by atoms with van der Waals surface area (Å²) in [5.74, 6) is 0.240. The molecule has 3 aromatic rings. The Balaban J connectivity index is 1.65. The molecule has 1 N–H and O–H groups in total. The van der Waals surface area contributed by atoms with Gasteiger partial charge in [-0.15, -0.1) is 11.3 Å². The number of hydrogen-bond donors (Lipinski definition) is 1. The summed E-state index contributed by atoms with van der Waals surface area (Å²) in [7, 11) is 0. The number of nitrogens with zero attached hydrogens (tertiary/aromatic N) is 3. The molecule has 0 aliphatic rings. The second kappa shape index (κ2) is 7.85. The molecular weight excluding hydrogens is 364 g/mol. The van der Waals surface area contributed by atoms with Crippen LogP contribution >= 0.6 is 23.1 Å². The van der Waals surface area contributed by atoms with Gasteiger partial charge in [0.25, 0.3) is 0 Å². The summed E-state index contributed by atoms with van der Waals surface area (Å²) in [6.45, 7) is 6.07. The van der Waals surface area contributed by atoms with E-state index in [1.807, 2.05) is 19.1 Å². The zero-order valence-electron chi connectivity index (χ0n) is 14.7. The van der Waals surface area contributed by atoms with Gasteiger partial charge in [-0.2, -0.15) is 5.26 Å². The number of amides is 1. The van der Waals surface area contributed by atoms with Crippen LogP contribution in [0.1, 0.15) is 34.5 Å². The van der Waals surface area contributed by atoms with Gasteiger partial charge in [0.05, 0.1) is 23.4 Å². The lowest BCUT2D eigenvalue weighted by atomic mass is 10.1. The van der Waals surface area contributed by atoms with Crippen molar-refractivity contribution in [1.29, 1.82) is 5.26 Å². The summed E-state index contributed by atoms with van der Waals surface area (Å²) in [4.78, 5) is 23.2. The second-order valence-corrected chi connectivity index (χ2v) is 8.12. The molecule has 1 atom stereocenters. The minimum atomic E-state index is -0.119. The van der Waals surface area contributed by atoms with Crippen LogP contribution in [0.4, 0.5) is 0 Å². The maximum atomic E-state index is 12.3. The molecule has 2 heterocycles. The Labute approximate surface area is 160 Å². The van der Waals surface area contributed by atoms with E-state index >= 15 is 0 Å². The SMILES string of the molecule is Cc1sc2ncnc(SCC(=O)NC(C)c3ccc(C#N)cc3)c2c1C. The number of aromatic nitrogens is 2. The zero-order chi connectivity index (χ0) is 18.7. The fourth-order valence-corrected chi connectivity index (χ4v) is 4.53. The molecule has 132 valence electrons. The van der Waals surface area contributed by atoms with Crippen LogP contribution in [0.25, 0.3) is 10.2 Å². The number of aryl methyl sites for hydroxylation is 2. The van der Waals surface area contributed by atoms with Gasteiger partial charge in [0.15, 0.2) is 0 Å². The smallest absolute Gasteiger partial charge is 0.230 e. The highest BCUT2D eigenvalue weighted by atomic mass is 32.2. The lowest BCUT2D eigenvalue weighted by molar-refractivity contribution is -0.119. The highest BCUT2D eigenvalue weighted by molar-refractivity contribution is 8.00. The molecule has 0 saturated carbocycles. The number of benzene rings is 1.